The third-order valence-electron chi connectivity index (χ3n) is 9.14. The molecule has 0 aliphatic carbocycles. The van der Waals surface area contributed by atoms with Crippen molar-refractivity contribution in [1.29, 1.82) is 0 Å². The van der Waals surface area contributed by atoms with E-state index >= 15 is 0 Å². The molecular formula is C43H33N3. The molecule has 0 saturated carbocycles. The number of nitrogens with zero attached hydrogens (tertiary/aromatic N) is 3. The summed E-state index contributed by atoms with van der Waals surface area (Å²) in [5.41, 5.74) is 14.5. The zero-order valence-corrected chi connectivity index (χ0v) is 25.9. The fraction of sp³-hybridized carbons (Fsp3) is 0.0698. The van der Waals surface area contributed by atoms with Crippen LogP contribution in [0.25, 0.3) is 22.4 Å². The lowest BCUT2D eigenvalue weighted by atomic mass is 9.62. The normalized spacial score (nSPS) is 13.1. The molecular weight excluding hydrogens is 558 g/mol. The van der Waals surface area contributed by atoms with E-state index in [0.29, 0.717) is 0 Å². The van der Waals surface area contributed by atoms with Gasteiger partial charge in [-0.25, -0.2) is 0 Å². The average Bonchev–Trinajstić information content (AvgIpc) is 3.12. The second-order valence-corrected chi connectivity index (χ2v) is 12.1. The van der Waals surface area contributed by atoms with Crippen LogP contribution in [0.3, 0.4) is 0 Å². The van der Waals surface area contributed by atoms with E-state index in [1.54, 1.807) is 0 Å². The second-order valence-electron chi connectivity index (χ2n) is 12.1. The van der Waals surface area contributed by atoms with Gasteiger partial charge in [0.2, 0.25) is 0 Å². The first kappa shape index (κ1) is 27.7. The Morgan fingerprint density at radius 2 is 1.11 bits per heavy atom. The van der Waals surface area contributed by atoms with E-state index in [2.05, 4.69) is 151 Å². The molecule has 0 atom stereocenters. The number of hydrogen-bond acceptors (Lipinski definition) is 3. The minimum absolute atomic E-state index is 0.521. The maximum absolute atomic E-state index is 4.75. The van der Waals surface area contributed by atoms with E-state index in [1.165, 1.54) is 33.4 Å². The predicted molar refractivity (Wildman–Crippen MR) is 189 cm³/mol. The van der Waals surface area contributed by atoms with Crippen LogP contribution in [-0.2, 0) is 5.41 Å². The Labute approximate surface area is 270 Å². The quantitative estimate of drug-likeness (QED) is 0.199. The van der Waals surface area contributed by atoms with Gasteiger partial charge in [0.25, 0.3) is 0 Å². The molecule has 8 rings (SSSR count). The minimum atomic E-state index is -0.521. The van der Waals surface area contributed by atoms with Crippen LogP contribution < -0.4 is 4.90 Å². The summed E-state index contributed by atoms with van der Waals surface area (Å²) in [5, 5.41) is 0. The van der Waals surface area contributed by atoms with Crippen LogP contribution in [0, 0.1) is 13.8 Å². The standard InChI is InChI=1S/C43H33N3/c1-30-18-20-41-38(24-30)43(35-13-5-3-6-14-35,36-15-7-4-8-16-36)39-25-31(2)19-21-42(39)46(41)37-27-33(32-12-11-22-44-29-32)26-34(28-37)40-17-9-10-23-45-40/h3-29H,1-2H3. The highest BCUT2D eigenvalue weighted by Gasteiger charge is 2.46. The number of aryl methyl sites for hydroxylation is 2. The predicted octanol–water partition coefficient (Wildman–Crippen LogP) is 10.6. The van der Waals surface area contributed by atoms with Gasteiger partial charge in [0.05, 0.1) is 22.5 Å². The maximum Gasteiger partial charge on any atom is 0.0742 e. The molecule has 0 saturated heterocycles. The number of benzene rings is 5. The van der Waals surface area contributed by atoms with Gasteiger partial charge in [0.15, 0.2) is 0 Å². The SMILES string of the molecule is Cc1ccc2c(c1)C(c1ccccc1)(c1ccccc1)c1cc(C)ccc1N2c1cc(-c2cccnc2)cc(-c2ccccn2)c1. The maximum atomic E-state index is 4.75. The Kier molecular flexibility index (Phi) is 6.80. The van der Waals surface area contributed by atoms with Crippen LogP contribution in [-0.4, -0.2) is 9.97 Å². The molecule has 0 bridgehead atoms. The zero-order chi connectivity index (χ0) is 31.1. The Balaban J connectivity index is 1.48. The highest BCUT2D eigenvalue weighted by Crippen LogP contribution is 2.58. The zero-order valence-electron chi connectivity index (χ0n) is 25.9. The molecule has 0 N–H and O–H groups in total. The van der Waals surface area contributed by atoms with E-state index in [1.807, 2.05) is 36.8 Å². The average molecular weight is 592 g/mol. The van der Waals surface area contributed by atoms with Crippen molar-refractivity contribution in [2.75, 3.05) is 4.90 Å². The molecule has 5 aromatic carbocycles. The molecule has 220 valence electrons. The number of aromatic nitrogens is 2. The van der Waals surface area contributed by atoms with Gasteiger partial charge < -0.3 is 4.90 Å². The van der Waals surface area contributed by atoms with Crippen molar-refractivity contribution in [2.24, 2.45) is 0 Å². The summed E-state index contributed by atoms with van der Waals surface area (Å²) >= 11 is 0. The number of pyridine rings is 2. The van der Waals surface area contributed by atoms with Crippen LogP contribution in [0.4, 0.5) is 17.1 Å². The highest BCUT2D eigenvalue weighted by atomic mass is 15.2. The van der Waals surface area contributed by atoms with Crippen LogP contribution >= 0.6 is 0 Å². The Morgan fingerprint density at radius 1 is 0.500 bits per heavy atom. The van der Waals surface area contributed by atoms with E-state index in [-0.39, 0.29) is 0 Å². The monoisotopic (exact) mass is 591 g/mol. The van der Waals surface area contributed by atoms with Crippen molar-refractivity contribution in [3.05, 3.63) is 198 Å². The third-order valence-corrected chi connectivity index (χ3v) is 9.14. The van der Waals surface area contributed by atoms with Crippen molar-refractivity contribution >= 4 is 17.1 Å². The third kappa shape index (κ3) is 4.52. The van der Waals surface area contributed by atoms with Gasteiger partial charge in [0.1, 0.15) is 0 Å². The summed E-state index contributed by atoms with van der Waals surface area (Å²) in [5.74, 6) is 0. The largest absolute Gasteiger partial charge is 0.310 e. The van der Waals surface area contributed by atoms with Crippen LogP contribution in [0.1, 0.15) is 33.4 Å². The number of anilines is 3. The van der Waals surface area contributed by atoms with Gasteiger partial charge in [-0.3, -0.25) is 9.97 Å². The molecule has 1 aliphatic heterocycles. The van der Waals surface area contributed by atoms with Crippen molar-refractivity contribution in [2.45, 2.75) is 19.3 Å². The van der Waals surface area contributed by atoms with Crippen molar-refractivity contribution in [3.8, 4) is 22.4 Å². The summed E-state index contributed by atoms with van der Waals surface area (Å²) in [7, 11) is 0. The molecule has 0 spiro atoms. The van der Waals surface area contributed by atoms with Gasteiger partial charge in [-0.05, 0) is 90.2 Å². The van der Waals surface area contributed by atoms with Crippen LogP contribution in [0.5, 0.6) is 0 Å². The van der Waals surface area contributed by atoms with Crippen molar-refractivity contribution in [3.63, 3.8) is 0 Å². The number of fused-ring (bicyclic) bond motifs is 2. The van der Waals surface area contributed by atoms with E-state index < -0.39 is 5.41 Å². The first-order valence-corrected chi connectivity index (χ1v) is 15.7. The van der Waals surface area contributed by atoms with Crippen LogP contribution in [0.2, 0.25) is 0 Å². The summed E-state index contributed by atoms with van der Waals surface area (Å²) in [6, 6.07) is 52.8. The summed E-state index contributed by atoms with van der Waals surface area (Å²) in [6.07, 6.45) is 5.61. The van der Waals surface area contributed by atoms with Gasteiger partial charge in [-0.2, -0.15) is 0 Å². The topological polar surface area (TPSA) is 29.0 Å². The molecule has 2 aromatic heterocycles. The second kappa shape index (κ2) is 11.3. The smallest absolute Gasteiger partial charge is 0.0742 e. The number of hydrogen-bond donors (Lipinski definition) is 0. The summed E-state index contributed by atoms with van der Waals surface area (Å²) in [4.78, 5) is 11.6. The Hall–Kier alpha value is -5.80. The first-order chi connectivity index (χ1) is 22.6. The summed E-state index contributed by atoms with van der Waals surface area (Å²) in [6.45, 7) is 4.39. The lowest BCUT2D eigenvalue weighted by molar-refractivity contribution is 0.729. The van der Waals surface area contributed by atoms with Gasteiger partial charge in [-0.15, -0.1) is 0 Å². The van der Waals surface area contributed by atoms with Crippen molar-refractivity contribution in [1.82, 2.24) is 9.97 Å². The molecule has 0 amide bonds. The molecule has 3 heterocycles. The Morgan fingerprint density at radius 3 is 1.67 bits per heavy atom. The Bertz CT molecular complexity index is 2010. The molecule has 0 radical (unpaired) electrons. The molecule has 0 fully saturated rings. The van der Waals surface area contributed by atoms with Gasteiger partial charge >= 0.3 is 0 Å². The van der Waals surface area contributed by atoms with Gasteiger partial charge in [-0.1, -0.05) is 108 Å². The van der Waals surface area contributed by atoms with Crippen molar-refractivity contribution < 1.29 is 0 Å². The number of rotatable bonds is 5. The van der Waals surface area contributed by atoms with Gasteiger partial charge in [0, 0.05) is 35.4 Å². The highest BCUT2D eigenvalue weighted by molar-refractivity contribution is 5.92. The fourth-order valence-electron chi connectivity index (χ4n) is 7.13. The van der Waals surface area contributed by atoms with E-state index in [9.17, 15) is 0 Å². The first-order valence-electron chi connectivity index (χ1n) is 15.7. The minimum Gasteiger partial charge on any atom is -0.310 e. The lowest BCUT2D eigenvalue weighted by Crippen LogP contribution is -2.38. The molecule has 46 heavy (non-hydrogen) atoms. The molecule has 3 heteroatoms. The fourth-order valence-corrected chi connectivity index (χ4v) is 7.13. The summed E-state index contributed by atoms with van der Waals surface area (Å²) < 4.78 is 0. The van der Waals surface area contributed by atoms with Crippen LogP contribution in [0.15, 0.2) is 164 Å². The molecule has 1 aliphatic rings. The van der Waals surface area contributed by atoms with E-state index in [4.69, 9.17) is 4.98 Å². The molecule has 0 unspecified atom stereocenters. The molecule has 3 nitrogen and oxygen atoms in total. The lowest BCUT2D eigenvalue weighted by Gasteiger charge is -2.47. The molecule has 7 aromatic rings. The van der Waals surface area contributed by atoms with E-state index in [0.717, 1.165) is 39.4 Å².